The number of carbonyl (C=O) groups excluding carboxylic acids is 1. The Morgan fingerprint density at radius 3 is 2.73 bits per heavy atom. The summed E-state index contributed by atoms with van der Waals surface area (Å²) in [6.07, 6.45) is 4.38. The number of aromatic nitrogens is 2. The monoisotopic (exact) mass is 367 g/mol. The van der Waals surface area contributed by atoms with Crippen LogP contribution in [0.5, 0.6) is 0 Å². The van der Waals surface area contributed by atoms with Crippen molar-refractivity contribution in [2.45, 2.75) is 37.6 Å². The number of carbonyl (C=O) groups is 1. The number of hydrogen-bond acceptors (Lipinski definition) is 2. The summed E-state index contributed by atoms with van der Waals surface area (Å²) in [7, 11) is 0. The van der Waals surface area contributed by atoms with Crippen LogP contribution in [0.4, 0.5) is 0 Å². The Morgan fingerprint density at radius 2 is 1.96 bits per heavy atom. The Morgan fingerprint density at radius 1 is 1.23 bits per heavy atom. The zero-order valence-electron chi connectivity index (χ0n) is 14.8. The largest absolute Gasteiger partial charge is 0.355 e. The van der Waals surface area contributed by atoms with E-state index >= 15 is 0 Å². The third-order valence-electron chi connectivity index (χ3n) is 5.36. The normalized spacial score (nSPS) is 16.4. The molecule has 1 heterocycles. The maximum absolute atomic E-state index is 12.5. The van der Waals surface area contributed by atoms with Crippen molar-refractivity contribution in [3.05, 3.63) is 65.4 Å². The van der Waals surface area contributed by atoms with Gasteiger partial charge in [0.15, 0.2) is 0 Å². The number of para-hydroxylation sites is 2. The van der Waals surface area contributed by atoms with Crippen LogP contribution in [0.3, 0.4) is 0 Å². The number of hydrogen-bond donors (Lipinski definition) is 1. The number of halogens is 1. The first kappa shape index (κ1) is 17.1. The molecule has 134 valence electrons. The minimum Gasteiger partial charge on any atom is -0.355 e. The van der Waals surface area contributed by atoms with Crippen LogP contribution in [0.25, 0.3) is 11.0 Å². The van der Waals surface area contributed by atoms with Crippen molar-refractivity contribution in [3.8, 4) is 0 Å². The van der Waals surface area contributed by atoms with Crippen LogP contribution in [-0.2, 0) is 10.2 Å². The maximum Gasteiger partial charge on any atom is 0.222 e. The minimum atomic E-state index is 0.0128. The first-order valence-corrected chi connectivity index (χ1v) is 9.40. The Labute approximate surface area is 158 Å². The highest BCUT2D eigenvalue weighted by molar-refractivity contribution is 6.31. The van der Waals surface area contributed by atoms with Crippen LogP contribution in [0.1, 0.15) is 37.8 Å². The summed E-state index contributed by atoms with van der Waals surface area (Å²) < 4.78 is 2.07. The molecule has 5 heteroatoms. The summed E-state index contributed by atoms with van der Waals surface area (Å²) >= 11 is 6.35. The van der Waals surface area contributed by atoms with E-state index < -0.39 is 0 Å². The number of rotatable bonds is 6. The van der Waals surface area contributed by atoms with Crippen molar-refractivity contribution in [1.82, 2.24) is 14.9 Å². The molecule has 0 radical (unpaired) electrons. The Hall–Kier alpha value is -2.33. The molecule has 1 atom stereocenters. The maximum atomic E-state index is 12.5. The number of imidazole rings is 1. The van der Waals surface area contributed by atoms with E-state index in [1.807, 2.05) is 48.8 Å². The van der Waals surface area contributed by atoms with E-state index in [0.717, 1.165) is 34.5 Å². The molecule has 0 aliphatic heterocycles. The van der Waals surface area contributed by atoms with Gasteiger partial charge in [-0.2, -0.15) is 0 Å². The Balaban J connectivity index is 1.39. The SMILES string of the molecule is CC(CC(=O)NCC1(c2ccccc2Cl)CC1)n1cnc2ccccc21. The van der Waals surface area contributed by atoms with Gasteiger partial charge in [-0.05, 0) is 43.5 Å². The van der Waals surface area contributed by atoms with E-state index in [2.05, 4.69) is 27.9 Å². The van der Waals surface area contributed by atoms with Crippen molar-refractivity contribution in [3.63, 3.8) is 0 Å². The lowest BCUT2D eigenvalue weighted by molar-refractivity contribution is -0.121. The van der Waals surface area contributed by atoms with Crippen LogP contribution in [0.15, 0.2) is 54.9 Å². The molecule has 0 spiro atoms. The predicted molar refractivity (Wildman–Crippen MR) is 104 cm³/mol. The van der Waals surface area contributed by atoms with Gasteiger partial charge in [0.25, 0.3) is 0 Å². The topological polar surface area (TPSA) is 46.9 Å². The van der Waals surface area contributed by atoms with Crippen LogP contribution >= 0.6 is 11.6 Å². The third kappa shape index (κ3) is 3.21. The molecule has 4 nitrogen and oxygen atoms in total. The average Bonchev–Trinajstić information content (AvgIpc) is 3.30. The van der Waals surface area contributed by atoms with Gasteiger partial charge in [-0.1, -0.05) is 41.9 Å². The van der Waals surface area contributed by atoms with E-state index in [1.165, 1.54) is 0 Å². The number of nitrogens with one attached hydrogen (secondary N) is 1. The summed E-state index contributed by atoms with van der Waals surface area (Å²) in [5, 5.41) is 3.91. The zero-order chi connectivity index (χ0) is 18.1. The Bertz CT molecular complexity index is 945. The molecule has 1 unspecified atom stereocenters. The highest BCUT2D eigenvalue weighted by atomic mass is 35.5. The molecular weight excluding hydrogens is 346 g/mol. The number of fused-ring (bicyclic) bond motifs is 1. The van der Waals surface area contributed by atoms with Gasteiger partial charge in [-0.3, -0.25) is 4.79 Å². The van der Waals surface area contributed by atoms with Crippen molar-refractivity contribution < 1.29 is 4.79 Å². The van der Waals surface area contributed by atoms with Crippen LogP contribution in [0, 0.1) is 0 Å². The number of nitrogens with zero attached hydrogens (tertiary/aromatic N) is 2. The molecule has 2 aromatic carbocycles. The molecule has 26 heavy (non-hydrogen) atoms. The lowest BCUT2D eigenvalue weighted by Gasteiger charge is -2.19. The fraction of sp³-hybridized carbons (Fsp3) is 0.333. The summed E-state index contributed by atoms with van der Waals surface area (Å²) in [6, 6.07) is 16.0. The van der Waals surface area contributed by atoms with Crippen molar-refractivity contribution in [2.24, 2.45) is 0 Å². The van der Waals surface area contributed by atoms with Crippen molar-refractivity contribution in [2.75, 3.05) is 6.54 Å². The molecule has 1 amide bonds. The summed E-state index contributed by atoms with van der Waals surface area (Å²) in [5.74, 6) is 0.0635. The molecule has 1 N–H and O–H groups in total. The minimum absolute atomic E-state index is 0.0128. The van der Waals surface area contributed by atoms with Gasteiger partial charge in [0, 0.05) is 29.4 Å². The van der Waals surface area contributed by atoms with Crippen LogP contribution in [0.2, 0.25) is 5.02 Å². The van der Waals surface area contributed by atoms with Crippen molar-refractivity contribution in [1.29, 1.82) is 0 Å². The summed E-state index contributed by atoms with van der Waals surface area (Å²) in [6.45, 7) is 2.70. The molecule has 4 rings (SSSR count). The molecular formula is C21H22ClN3O. The lowest BCUT2D eigenvalue weighted by Crippen LogP contribution is -2.33. The first-order valence-electron chi connectivity index (χ1n) is 9.02. The lowest BCUT2D eigenvalue weighted by atomic mass is 9.96. The van der Waals surface area contributed by atoms with Gasteiger partial charge in [-0.15, -0.1) is 0 Å². The van der Waals surface area contributed by atoms with Gasteiger partial charge >= 0.3 is 0 Å². The van der Waals surface area contributed by atoms with Crippen molar-refractivity contribution >= 4 is 28.5 Å². The first-order chi connectivity index (χ1) is 12.6. The fourth-order valence-corrected chi connectivity index (χ4v) is 3.96. The molecule has 1 fully saturated rings. The van der Waals surface area contributed by atoms with Gasteiger partial charge in [-0.25, -0.2) is 4.98 Å². The molecule has 1 saturated carbocycles. The highest BCUT2D eigenvalue weighted by Gasteiger charge is 2.45. The van der Waals surface area contributed by atoms with E-state index in [-0.39, 0.29) is 17.4 Å². The molecule has 0 bridgehead atoms. The van der Waals surface area contributed by atoms with Gasteiger partial charge in [0.2, 0.25) is 5.91 Å². The molecule has 3 aromatic rings. The standard InChI is InChI=1S/C21H22ClN3O/c1-15(25-14-24-18-8-4-5-9-19(18)25)12-20(26)23-13-21(10-11-21)16-6-2-3-7-17(16)22/h2-9,14-15H,10-13H2,1H3,(H,23,26). The van der Waals surface area contributed by atoms with E-state index in [0.29, 0.717) is 13.0 Å². The van der Waals surface area contributed by atoms with Gasteiger partial charge < -0.3 is 9.88 Å². The smallest absolute Gasteiger partial charge is 0.222 e. The van der Waals surface area contributed by atoms with Crippen LogP contribution in [-0.4, -0.2) is 22.0 Å². The second-order valence-electron chi connectivity index (χ2n) is 7.23. The highest BCUT2D eigenvalue weighted by Crippen LogP contribution is 2.49. The Kier molecular flexibility index (Phi) is 4.45. The van der Waals surface area contributed by atoms with Crippen LogP contribution < -0.4 is 5.32 Å². The fourth-order valence-electron chi connectivity index (χ4n) is 3.62. The second kappa shape index (κ2) is 6.76. The average molecular weight is 368 g/mol. The van der Waals surface area contributed by atoms with E-state index in [4.69, 9.17) is 11.6 Å². The predicted octanol–water partition coefficient (Wildman–Crippen LogP) is 4.49. The molecule has 1 aromatic heterocycles. The number of amides is 1. The molecule has 1 aliphatic rings. The zero-order valence-corrected chi connectivity index (χ0v) is 15.5. The quantitative estimate of drug-likeness (QED) is 0.697. The summed E-state index contributed by atoms with van der Waals surface area (Å²) in [5.41, 5.74) is 3.17. The third-order valence-corrected chi connectivity index (χ3v) is 5.69. The molecule has 0 saturated heterocycles. The van der Waals surface area contributed by atoms with E-state index in [9.17, 15) is 4.79 Å². The van der Waals surface area contributed by atoms with E-state index in [1.54, 1.807) is 0 Å². The summed E-state index contributed by atoms with van der Waals surface area (Å²) in [4.78, 5) is 16.9. The van der Waals surface area contributed by atoms with Gasteiger partial charge in [0.05, 0.1) is 17.4 Å². The van der Waals surface area contributed by atoms with Gasteiger partial charge in [0.1, 0.15) is 0 Å². The molecule has 1 aliphatic carbocycles. The number of benzene rings is 2. The second-order valence-corrected chi connectivity index (χ2v) is 7.64.